The highest BCUT2D eigenvalue weighted by Crippen LogP contribution is 2.40. The zero-order valence-electron chi connectivity index (χ0n) is 13.9. The van der Waals surface area contributed by atoms with Crippen molar-refractivity contribution in [1.82, 2.24) is 0 Å². The van der Waals surface area contributed by atoms with Crippen molar-refractivity contribution < 1.29 is 40.6 Å². The molecule has 1 aromatic rings. The van der Waals surface area contributed by atoms with Gasteiger partial charge >= 0.3 is 18.3 Å². The normalized spacial score (nSPS) is 21.0. The predicted molar refractivity (Wildman–Crippen MR) is 79.4 cm³/mol. The monoisotopic (exact) mass is 384 g/mol. The number of hydrogen-bond acceptors (Lipinski definition) is 3. The van der Waals surface area contributed by atoms with Crippen molar-refractivity contribution >= 4 is 5.97 Å². The van der Waals surface area contributed by atoms with Crippen LogP contribution in [0, 0.1) is 0 Å². The molecule has 1 fully saturated rings. The van der Waals surface area contributed by atoms with Crippen LogP contribution in [0.25, 0.3) is 0 Å². The number of alkyl halides is 6. The molecule has 2 unspecified atom stereocenters. The molecule has 0 aliphatic carbocycles. The van der Waals surface area contributed by atoms with Gasteiger partial charge < -0.3 is 9.47 Å². The number of rotatable bonds is 5. The maximum Gasteiger partial charge on any atom is 0.416 e. The van der Waals surface area contributed by atoms with E-state index in [0.717, 1.165) is 12.1 Å². The number of benzene rings is 1. The molecule has 0 radical (unpaired) electrons. The van der Waals surface area contributed by atoms with Crippen molar-refractivity contribution in [3.05, 3.63) is 34.9 Å². The fraction of sp³-hybridized carbons (Fsp3) is 0.588. The summed E-state index contributed by atoms with van der Waals surface area (Å²) < 4.78 is 87.8. The van der Waals surface area contributed by atoms with Crippen LogP contribution in [0.5, 0.6) is 0 Å². The van der Waals surface area contributed by atoms with Crippen LogP contribution in [0.2, 0.25) is 0 Å². The molecule has 1 heterocycles. The minimum Gasteiger partial charge on any atom is -0.466 e. The van der Waals surface area contributed by atoms with Crippen LogP contribution in [0.15, 0.2) is 18.2 Å². The van der Waals surface area contributed by atoms with Gasteiger partial charge in [0.1, 0.15) is 0 Å². The molecule has 1 aliphatic rings. The molecule has 0 spiro atoms. The van der Waals surface area contributed by atoms with Crippen molar-refractivity contribution in [3.8, 4) is 0 Å². The number of esters is 1. The smallest absolute Gasteiger partial charge is 0.416 e. The van der Waals surface area contributed by atoms with E-state index in [1.807, 2.05) is 0 Å². The van der Waals surface area contributed by atoms with Gasteiger partial charge in [-0.1, -0.05) is 0 Å². The van der Waals surface area contributed by atoms with Crippen molar-refractivity contribution in [3.63, 3.8) is 0 Å². The van der Waals surface area contributed by atoms with E-state index in [0.29, 0.717) is 6.42 Å². The highest BCUT2D eigenvalue weighted by atomic mass is 19.4. The third-order valence-corrected chi connectivity index (χ3v) is 4.14. The molecule has 0 bridgehead atoms. The predicted octanol–water partition coefficient (Wildman–Crippen LogP) is 4.94. The molecular formula is C17H18F6O3. The third-order valence-electron chi connectivity index (χ3n) is 4.14. The largest absolute Gasteiger partial charge is 0.466 e. The summed E-state index contributed by atoms with van der Waals surface area (Å²) in [5, 5.41) is 0. The first-order valence-corrected chi connectivity index (χ1v) is 8.07. The highest BCUT2D eigenvalue weighted by Gasteiger charge is 2.38. The molecule has 26 heavy (non-hydrogen) atoms. The van der Waals surface area contributed by atoms with E-state index in [2.05, 4.69) is 0 Å². The Morgan fingerprint density at radius 1 is 1.12 bits per heavy atom. The van der Waals surface area contributed by atoms with Gasteiger partial charge in [0.2, 0.25) is 0 Å². The molecule has 0 amide bonds. The van der Waals surface area contributed by atoms with E-state index < -0.39 is 41.5 Å². The van der Waals surface area contributed by atoms with Crippen molar-refractivity contribution in [2.45, 2.75) is 50.6 Å². The lowest BCUT2D eigenvalue weighted by Crippen LogP contribution is -2.13. The number of carbonyl (C=O) groups excluding carboxylic acids is 1. The van der Waals surface area contributed by atoms with Gasteiger partial charge in [-0.15, -0.1) is 0 Å². The number of halogens is 6. The Morgan fingerprint density at radius 3 is 2.19 bits per heavy atom. The molecule has 1 aliphatic heterocycles. The quantitative estimate of drug-likeness (QED) is 0.533. The van der Waals surface area contributed by atoms with Gasteiger partial charge in [0.05, 0.1) is 30.4 Å². The standard InChI is InChI=1S/C17H18F6O3/c1-2-25-15(24)4-3-14-7-11(9-26-14)10-5-12(16(18,19)20)8-13(6-10)17(21,22)23/h5-6,8,11,14H,2-4,7,9H2,1H3. The molecule has 3 nitrogen and oxygen atoms in total. The summed E-state index contributed by atoms with van der Waals surface area (Å²) in [6, 6.07) is 1.57. The SMILES string of the molecule is CCOC(=O)CCC1CC(c2cc(C(F)(F)F)cc(C(F)(F)F)c2)CO1. The van der Waals surface area contributed by atoms with Gasteiger partial charge in [0.15, 0.2) is 0 Å². The second kappa shape index (κ2) is 7.85. The Morgan fingerprint density at radius 2 is 1.69 bits per heavy atom. The topological polar surface area (TPSA) is 35.5 Å². The summed E-state index contributed by atoms with van der Waals surface area (Å²) in [6.45, 7) is 1.90. The number of hydrogen-bond donors (Lipinski definition) is 0. The summed E-state index contributed by atoms with van der Waals surface area (Å²) >= 11 is 0. The van der Waals surface area contributed by atoms with Crippen LogP contribution in [0.3, 0.4) is 0 Å². The zero-order valence-corrected chi connectivity index (χ0v) is 13.9. The fourth-order valence-electron chi connectivity index (χ4n) is 2.87. The van der Waals surface area contributed by atoms with Crippen LogP contribution in [0.4, 0.5) is 26.3 Å². The molecule has 146 valence electrons. The van der Waals surface area contributed by atoms with Crippen LogP contribution in [-0.2, 0) is 26.6 Å². The lowest BCUT2D eigenvalue weighted by Gasteiger charge is -2.16. The van der Waals surface area contributed by atoms with Crippen molar-refractivity contribution in [2.75, 3.05) is 13.2 Å². The Balaban J connectivity index is 2.14. The molecule has 9 heteroatoms. The van der Waals surface area contributed by atoms with Crippen LogP contribution in [0.1, 0.15) is 48.8 Å². The molecular weight excluding hydrogens is 366 g/mol. The molecule has 0 aromatic heterocycles. The first-order chi connectivity index (χ1) is 12.0. The number of carbonyl (C=O) groups is 1. The van der Waals surface area contributed by atoms with Crippen LogP contribution in [-0.4, -0.2) is 25.3 Å². The Hall–Kier alpha value is -1.77. The lowest BCUT2D eigenvalue weighted by atomic mass is 9.91. The molecule has 0 N–H and O–H groups in total. The van der Waals surface area contributed by atoms with E-state index in [-0.39, 0.29) is 37.7 Å². The second-order valence-corrected chi connectivity index (χ2v) is 6.07. The Labute approximate surface area is 146 Å². The van der Waals surface area contributed by atoms with E-state index in [1.165, 1.54) is 0 Å². The van der Waals surface area contributed by atoms with Gasteiger partial charge in [-0.25, -0.2) is 0 Å². The van der Waals surface area contributed by atoms with E-state index in [9.17, 15) is 31.1 Å². The van der Waals surface area contributed by atoms with Gasteiger partial charge in [-0.2, -0.15) is 26.3 Å². The molecule has 2 rings (SSSR count). The average molecular weight is 384 g/mol. The van der Waals surface area contributed by atoms with Gasteiger partial charge in [-0.05, 0) is 43.5 Å². The summed E-state index contributed by atoms with van der Waals surface area (Å²) in [5.41, 5.74) is -2.74. The first kappa shape index (κ1) is 20.5. The van der Waals surface area contributed by atoms with E-state index >= 15 is 0 Å². The first-order valence-electron chi connectivity index (χ1n) is 8.07. The average Bonchev–Trinajstić information content (AvgIpc) is 3.00. The summed E-state index contributed by atoms with van der Waals surface area (Å²) in [5.74, 6) is -1.01. The lowest BCUT2D eigenvalue weighted by molar-refractivity contribution is -0.144. The highest BCUT2D eigenvalue weighted by molar-refractivity contribution is 5.69. The molecule has 0 saturated carbocycles. The van der Waals surface area contributed by atoms with Crippen molar-refractivity contribution in [1.29, 1.82) is 0 Å². The minimum absolute atomic E-state index is 0.00605. The van der Waals surface area contributed by atoms with Crippen LogP contribution < -0.4 is 0 Å². The molecule has 1 aromatic carbocycles. The number of ether oxygens (including phenoxy) is 2. The summed E-state index contributed by atoms with van der Waals surface area (Å²) in [4.78, 5) is 11.3. The second-order valence-electron chi connectivity index (χ2n) is 6.07. The van der Waals surface area contributed by atoms with Gasteiger partial charge in [-0.3, -0.25) is 4.79 Å². The molecule has 1 saturated heterocycles. The zero-order chi connectivity index (χ0) is 19.5. The summed E-state index contributed by atoms with van der Waals surface area (Å²) in [7, 11) is 0. The minimum atomic E-state index is -4.88. The third kappa shape index (κ3) is 5.36. The maximum absolute atomic E-state index is 12.9. The van der Waals surface area contributed by atoms with Crippen molar-refractivity contribution in [2.24, 2.45) is 0 Å². The van der Waals surface area contributed by atoms with Gasteiger partial charge in [0, 0.05) is 12.3 Å². The molecule has 2 atom stereocenters. The van der Waals surface area contributed by atoms with E-state index in [1.54, 1.807) is 6.92 Å². The summed E-state index contributed by atoms with van der Waals surface area (Å²) in [6.07, 6.45) is -9.52. The Bertz CT molecular complexity index is 606. The van der Waals surface area contributed by atoms with Gasteiger partial charge in [0.25, 0.3) is 0 Å². The Kier molecular flexibility index (Phi) is 6.21. The van der Waals surface area contributed by atoms with Crippen LogP contribution >= 0.6 is 0 Å². The maximum atomic E-state index is 12.9. The van der Waals surface area contributed by atoms with E-state index in [4.69, 9.17) is 9.47 Å². The fourth-order valence-corrected chi connectivity index (χ4v) is 2.87.